The Morgan fingerprint density at radius 3 is 2.59 bits per heavy atom. The third-order valence-electron chi connectivity index (χ3n) is 5.78. The maximum absolute atomic E-state index is 13.8. The van der Waals surface area contributed by atoms with Gasteiger partial charge in [0.15, 0.2) is 0 Å². The quantitative estimate of drug-likeness (QED) is 0.886. The molecule has 1 amide bonds. The van der Waals surface area contributed by atoms with Crippen molar-refractivity contribution in [2.45, 2.75) is 50.2 Å². The Labute approximate surface area is 158 Å². The average Bonchev–Trinajstić information content (AvgIpc) is 2.93. The van der Waals surface area contributed by atoms with Gasteiger partial charge in [0.2, 0.25) is 5.91 Å². The summed E-state index contributed by atoms with van der Waals surface area (Å²) < 4.78 is 27.4. The van der Waals surface area contributed by atoms with Crippen molar-refractivity contribution < 1.29 is 13.6 Å². The third-order valence-corrected chi connectivity index (χ3v) is 5.78. The van der Waals surface area contributed by atoms with Crippen molar-refractivity contribution in [1.82, 2.24) is 10.2 Å². The predicted molar refractivity (Wildman–Crippen MR) is 100 cm³/mol. The average molecular weight is 370 g/mol. The van der Waals surface area contributed by atoms with Crippen LogP contribution in [0.2, 0.25) is 0 Å². The fourth-order valence-electron chi connectivity index (χ4n) is 4.55. The lowest BCUT2D eigenvalue weighted by atomic mass is 9.88. The summed E-state index contributed by atoms with van der Waals surface area (Å²) in [4.78, 5) is 14.6. The van der Waals surface area contributed by atoms with Gasteiger partial charge in [0.25, 0.3) is 0 Å². The maximum Gasteiger partial charge on any atom is 0.220 e. The van der Waals surface area contributed by atoms with Gasteiger partial charge in [-0.15, -0.1) is 0 Å². The van der Waals surface area contributed by atoms with Crippen molar-refractivity contribution in [3.63, 3.8) is 0 Å². The fraction of sp³-hybridized carbons (Fsp3) is 0.409. The lowest BCUT2D eigenvalue weighted by Gasteiger charge is -2.31. The third kappa shape index (κ3) is 4.03. The molecule has 0 spiro atoms. The Hall–Kier alpha value is -2.27. The summed E-state index contributed by atoms with van der Waals surface area (Å²) in [5, 5.41) is 3.20. The van der Waals surface area contributed by atoms with Crippen molar-refractivity contribution in [2.75, 3.05) is 6.54 Å². The lowest BCUT2D eigenvalue weighted by Crippen LogP contribution is -2.47. The number of carbonyl (C=O) groups excluding carboxylic acids is 1. The van der Waals surface area contributed by atoms with E-state index in [1.807, 2.05) is 12.1 Å². The zero-order chi connectivity index (χ0) is 18.8. The molecule has 1 N–H and O–H groups in total. The van der Waals surface area contributed by atoms with Gasteiger partial charge in [-0.1, -0.05) is 30.7 Å². The van der Waals surface area contributed by atoms with Crippen LogP contribution in [-0.4, -0.2) is 29.4 Å². The van der Waals surface area contributed by atoms with E-state index >= 15 is 0 Å². The number of hydrogen-bond donors (Lipinski definition) is 1. The molecule has 4 rings (SSSR count). The van der Waals surface area contributed by atoms with E-state index in [0.29, 0.717) is 13.0 Å². The monoisotopic (exact) mass is 370 g/mol. The molecule has 3 nitrogen and oxygen atoms in total. The van der Waals surface area contributed by atoms with Crippen LogP contribution in [0.5, 0.6) is 0 Å². The molecule has 2 aromatic rings. The van der Waals surface area contributed by atoms with Gasteiger partial charge < -0.3 is 5.32 Å². The summed E-state index contributed by atoms with van der Waals surface area (Å²) in [7, 11) is 0. The molecule has 142 valence electrons. The molecule has 3 atom stereocenters. The van der Waals surface area contributed by atoms with Gasteiger partial charge in [-0.3, -0.25) is 9.69 Å². The minimum absolute atomic E-state index is 0.0290. The van der Waals surface area contributed by atoms with Crippen LogP contribution in [0.3, 0.4) is 0 Å². The zero-order valence-corrected chi connectivity index (χ0v) is 15.2. The minimum atomic E-state index is -0.259. The normalized spacial score (nSPS) is 26.1. The molecular formula is C22H24F2N2O. The molecule has 0 saturated carbocycles. The molecule has 27 heavy (non-hydrogen) atoms. The number of amides is 1. The molecule has 0 bridgehead atoms. The SMILES string of the molecule is O=C1CCCC[C@@H]2[C@@H](N1)[C@H](c1cccc(F)c1)CN2Cc1cccc(F)c1. The number of rotatable bonds is 3. The lowest BCUT2D eigenvalue weighted by molar-refractivity contribution is -0.122. The Kier molecular flexibility index (Phi) is 5.21. The summed E-state index contributed by atoms with van der Waals surface area (Å²) in [6.07, 6.45) is 3.40. The first-order valence-corrected chi connectivity index (χ1v) is 9.63. The standard InChI is InChI=1S/C22H24F2N2O/c23-17-7-3-5-15(11-17)13-26-14-19(16-6-4-8-18(24)12-16)22-20(26)9-1-2-10-21(27)25-22/h3-8,11-12,19-20,22H,1-2,9-10,13-14H2,(H,25,27)/t19-,20+,22-/m0/s1. The number of carbonyl (C=O) groups is 1. The van der Waals surface area contributed by atoms with Crippen LogP contribution in [0.25, 0.3) is 0 Å². The first kappa shape index (κ1) is 18.1. The molecular weight excluding hydrogens is 346 g/mol. The highest BCUT2D eigenvalue weighted by molar-refractivity contribution is 5.76. The van der Waals surface area contributed by atoms with Gasteiger partial charge in [-0.05, 0) is 48.2 Å². The summed E-state index contributed by atoms with van der Waals surface area (Å²) in [6, 6.07) is 13.4. The topological polar surface area (TPSA) is 32.3 Å². The van der Waals surface area contributed by atoms with Crippen LogP contribution in [-0.2, 0) is 11.3 Å². The molecule has 0 aliphatic carbocycles. The van der Waals surface area contributed by atoms with E-state index in [-0.39, 0.29) is 35.5 Å². The summed E-state index contributed by atoms with van der Waals surface area (Å²) >= 11 is 0. The van der Waals surface area contributed by atoms with Crippen molar-refractivity contribution in [3.05, 3.63) is 71.3 Å². The van der Waals surface area contributed by atoms with Crippen LogP contribution in [0, 0.1) is 11.6 Å². The maximum atomic E-state index is 13.8. The van der Waals surface area contributed by atoms with Gasteiger partial charge >= 0.3 is 0 Å². The number of nitrogens with zero attached hydrogens (tertiary/aromatic N) is 1. The first-order chi connectivity index (χ1) is 13.1. The van der Waals surface area contributed by atoms with Gasteiger partial charge in [-0.25, -0.2) is 8.78 Å². The van der Waals surface area contributed by atoms with E-state index in [0.717, 1.165) is 36.9 Å². The molecule has 5 heteroatoms. The molecule has 2 aliphatic rings. The van der Waals surface area contributed by atoms with Crippen molar-refractivity contribution in [1.29, 1.82) is 0 Å². The summed E-state index contributed by atoms with van der Waals surface area (Å²) in [5.74, 6) is -0.402. The number of benzene rings is 2. The van der Waals surface area contributed by atoms with Crippen LogP contribution in [0.1, 0.15) is 42.7 Å². The van der Waals surface area contributed by atoms with Crippen LogP contribution in [0.15, 0.2) is 48.5 Å². The number of likely N-dealkylation sites (tertiary alicyclic amines) is 1. The Balaban J connectivity index is 1.64. The van der Waals surface area contributed by atoms with E-state index < -0.39 is 0 Å². The number of fused-ring (bicyclic) bond motifs is 1. The molecule has 2 heterocycles. The molecule has 0 radical (unpaired) electrons. The van der Waals surface area contributed by atoms with Gasteiger partial charge in [-0.2, -0.15) is 0 Å². The van der Waals surface area contributed by atoms with Gasteiger partial charge in [0, 0.05) is 31.5 Å². The highest BCUT2D eigenvalue weighted by atomic mass is 19.1. The van der Waals surface area contributed by atoms with E-state index in [1.54, 1.807) is 24.3 Å². The molecule has 2 fully saturated rings. The minimum Gasteiger partial charge on any atom is -0.351 e. The molecule has 2 aromatic carbocycles. The second-order valence-electron chi connectivity index (χ2n) is 7.63. The second-order valence-corrected chi connectivity index (χ2v) is 7.63. The van der Waals surface area contributed by atoms with E-state index in [2.05, 4.69) is 10.2 Å². The van der Waals surface area contributed by atoms with Gasteiger partial charge in [0.1, 0.15) is 11.6 Å². The summed E-state index contributed by atoms with van der Waals surface area (Å²) in [5.41, 5.74) is 1.83. The van der Waals surface area contributed by atoms with Crippen molar-refractivity contribution in [3.8, 4) is 0 Å². The number of nitrogens with one attached hydrogen (secondary N) is 1. The Morgan fingerprint density at radius 2 is 1.81 bits per heavy atom. The number of halogens is 2. The van der Waals surface area contributed by atoms with E-state index in [1.165, 1.54) is 12.1 Å². The highest BCUT2D eigenvalue weighted by Gasteiger charge is 2.43. The van der Waals surface area contributed by atoms with Crippen LogP contribution >= 0.6 is 0 Å². The zero-order valence-electron chi connectivity index (χ0n) is 15.2. The number of hydrogen-bond acceptors (Lipinski definition) is 2. The molecule has 0 unspecified atom stereocenters. The van der Waals surface area contributed by atoms with Crippen LogP contribution in [0.4, 0.5) is 8.78 Å². The smallest absolute Gasteiger partial charge is 0.220 e. The van der Waals surface area contributed by atoms with Crippen molar-refractivity contribution in [2.24, 2.45) is 0 Å². The fourth-order valence-corrected chi connectivity index (χ4v) is 4.55. The largest absolute Gasteiger partial charge is 0.351 e. The summed E-state index contributed by atoms with van der Waals surface area (Å²) in [6.45, 7) is 1.34. The Bertz CT molecular complexity index is 825. The highest BCUT2D eigenvalue weighted by Crippen LogP contribution is 2.36. The van der Waals surface area contributed by atoms with Crippen LogP contribution < -0.4 is 5.32 Å². The van der Waals surface area contributed by atoms with E-state index in [4.69, 9.17) is 0 Å². The second kappa shape index (κ2) is 7.77. The van der Waals surface area contributed by atoms with Gasteiger partial charge in [0.05, 0.1) is 6.04 Å². The Morgan fingerprint density at radius 1 is 1.04 bits per heavy atom. The van der Waals surface area contributed by atoms with E-state index in [9.17, 15) is 13.6 Å². The molecule has 2 saturated heterocycles. The molecule has 0 aromatic heterocycles. The molecule has 2 aliphatic heterocycles. The van der Waals surface area contributed by atoms with Crippen molar-refractivity contribution >= 4 is 5.91 Å². The predicted octanol–water partition coefficient (Wildman–Crippen LogP) is 3.99. The first-order valence-electron chi connectivity index (χ1n) is 9.63.